The Morgan fingerprint density at radius 2 is 1.95 bits per heavy atom. The topological polar surface area (TPSA) is 80.9 Å². The van der Waals surface area contributed by atoms with E-state index in [9.17, 15) is 9.90 Å². The molecule has 0 amide bonds. The highest BCUT2D eigenvalue weighted by atomic mass is 16.4. The number of carbonyl (C=O) groups is 1. The molecule has 1 aliphatic rings. The molecule has 2 aromatic heterocycles. The molecule has 1 fully saturated rings. The molecule has 0 bridgehead atoms. The van der Waals surface area contributed by atoms with Crippen molar-refractivity contribution in [3.8, 4) is 11.4 Å². The largest absolute Gasteiger partial charge is 0.478 e. The molecule has 0 aromatic carbocycles. The van der Waals surface area contributed by atoms with Crippen molar-refractivity contribution in [1.29, 1.82) is 0 Å². The highest BCUT2D eigenvalue weighted by Gasteiger charge is 2.22. The zero-order chi connectivity index (χ0) is 14.7. The normalized spacial score (nSPS) is 16.6. The number of aromatic carboxylic acids is 1. The molecule has 0 spiro atoms. The van der Waals surface area contributed by atoms with Crippen molar-refractivity contribution in [2.75, 3.05) is 0 Å². The molecule has 21 heavy (non-hydrogen) atoms. The minimum atomic E-state index is -0.976. The van der Waals surface area contributed by atoms with Gasteiger partial charge in [0.1, 0.15) is 17.0 Å². The van der Waals surface area contributed by atoms with Crippen molar-refractivity contribution in [2.45, 2.75) is 44.6 Å². The van der Waals surface area contributed by atoms with Crippen LogP contribution >= 0.6 is 0 Å². The van der Waals surface area contributed by atoms with Crippen LogP contribution in [-0.4, -0.2) is 30.8 Å². The quantitative estimate of drug-likeness (QED) is 0.877. The van der Waals surface area contributed by atoms with Crippen molar-refractivity contribution in [3.63, 3.8) is 0 Å². The molecule has 6 heteroatoms. The molecule has 1 aliphatic carbocycles. The van der Waals surface area contributed by atoms with Gasteiger partial charge in [-0.2, -0.15) is 5.10 Å². The van der Waals surface area contributed by atoms with Gasteiger partial charge in [0.05, 0.1) is 12.2 Å². The monoisotopic (exact) mass is 286 g/mol. The molecule has 0 atom stereocenters. The Morgan fingerprint density at radius 3 is 2.57 bits per heavy atom. The molecular weight excluding hydrogens is 268 g/mol. The molecule has 2 heterocycles. The summed E-state index contributed by atoms with van der Waals surface area (Å²) in [6, 6.07) is 0.288. The molecule has 2 aromatic rings. The van der Waals surface area contributed by atoms with Crippen LogP contribution in [0.1, 0.15) is 54.9 Å². The Kier molecular flexibility index (Phi) is 3.94. The average molecular weight is 286 g/mol. The van der Waals surface area contributed by atoms with Gasteiger partial charge >= 0.3 is 5.97 Å². The minimum Gasteiger partial charge on any atom is -0.478 e. The Balaban J connectivity index is 1.98. The Bertz CT molecular complexity index is 616. The lowest BCUT2D eigenvalue weighted by Gasteiger charge is -2.14. The lowest BCUT2D eigenvalue weighted by Crippen LogP contribution is -2.08. The number of carboxylic acids is 1. The predicted molar refractivity (Wildman–Crippen MR) is 77.0 cm³/mol. The van der Waals surface area contributed by atoms with E-state index in [1.807, 2.05) is 4.68 Å². The van der Waals surface area contributed by atoms with Crippen LogP contribution in [0.5, 0.6) is 0 Å². The second kappa shape index (κ2) is 6.03. The van der Waals surface area contributed by atoms with Gasteiger partial charge in [-0.15, -0.1) is 0 Å². The molecule has 110 valence electrons. The van der Waals surface area contributed by atoms with Crippen LogP contribution in [0.15, 0.2) is 24.8 Å². The SMILES string of the molecule is O=C(O)c1cn(C2CCCCCC2)nc1-c1cnccn1. The summed E-state index contributed by atoms with van der Waals surface area (Å²) in [4.78, 5) is 19.6. The van der Waals surface area contributed by atoms with Gasteiger partial charge < -0.3 is 5.11 Å². The summed E-state index contributed by atoms with van der Waals surface area (Å²) in [6.45, 7) is 0. The number of hydrogen-bond acceptors (Lipinski definition) is 4. The summed E-state index contributed by atoms with van der Waals surface area (Å²) < 4.78 is 1.82. The average Bonchev–Trinajstić information content (AvgIpc) is 2.77. The standard InChI is InChI=1S/C15H18N4O2/c20-15(21)12-10-19(11-5-3-1-2-4-6-11)18-14(12)13-9-16-7-8-17-13/h7-11H,1-6H2,(H,20,21). The van der Waals surface area contributed by atoms with Crippen molar-refractivity contribution in [2.24, 2.45) is 0 Å². The fourth-order valence-electron chi connectivity index (χ4n) is 2.87. The Labute approximate surface area is 122 Å². The number of carboxylic acid groups (broad SMARTS) is 1. The van der Waals surface area contributed by atoms with Crippen LogP contribution < -0.4 is 0 Å². The second-order valence-electron chi connectivity index (χ2n) is 5.41. The lowest BCUT2D eigenvalue weighted by molar-refractivity contribution is 0.0697. The fourth-order valence-corrected chi connectivity index (χ4v) is 2.87. The van der Waals surface area contributed by atoms with Gasteiger partial charge in [-0.3, -0.25) is 14.6 Å². The van der Waals surface area contributed by atoms with Crippen molar-refractivity contribution in [1.82, 2.24) is 19.7 Å². The molecule has 1 saturated carbocycles. The van der Waals surface area contributed by atoms with E-state index in [2.05, 4.69) is 15.1 Å². The Hall–Kier alpha value is -2.24. The molecular formula is C15H18N4O2. The van der Waals surface area contributed by atoms with Crippen molar-refractivity contribution in [3.05, 3.63) is 30.4 Å². The van der Waals surface area contributed by atoms with Gasteiger partial charge in [0, 0.05) is 18.6 Å². The molecule has 0 saturated heterocycles. The van der Waals surface area contributed by atoms with Gasteiger partial charge in [0.2, 0.25) is 0 Å². The molecule has 6 nitrogen and oxygen atoms in total. The highest BCUT2D eigenvalue weighted by molar-refractivity contribution is 5.93. The van der Waals surface area contributed by atoms with E-state index in [4.69, 9.17) is 0 Å². The number of aromatic nitrogens is 4. The van der Waals surface area contributed by atoms with Crippen LogP contribution in [0.2, 0.25) is 0 Å². The first-order valence-electron chi connectivity index (χ1n) is 7.34. The van der Waals surface area contributed by atoms with E-state index >= 15 is 0 Å². The van der Waals surface area contributed by atoms with Crippen molar-refractivity contribution >= 4 is 5.97 Å². The van der Waals surface area contributed by atoms with Gasteiger partial charge in [-0.25, -0.2) is 4.79 Å². The van der Waals surface area contributed by atoms with E-state index in [-0.39, 0.29) is 11.6 Å². The zero-order valence-corrected chi connectivity index (χ0v) is 11.8. The van der Waals surface area contributed by atoms with Gasteiger partial charge in [0.25, 0.3) is 0 Å². The van der Waals surface area contributed by atoms with Crippen LogP contribution in [0.4, 0.5) is 0 Å². The number of nitrogens with zero attached hydrogens (tertiary/aromatic N) is 4. The minimum absolute atomic E-state index is 0.194. The third-order valence-corrected chi connectivity index (χ3v) is 3.97. The summed E-state index contributed by atoms with van der Waals surface area (Å²) >= 11 is 0. The smallest absolute Gasteiger partial charge is 0.339 e. The van der Waals surface area contributed by atoms with E-state index < -0.39 is 5.97 Å². The molecule has 0 radical (unpaired) electrons. The summed E-state index contributed by atoms with van der Waals surface area (Å²) in [7, 11) is 0. The summed E-state index contributed by atoms with van der Waals surface area (Å²) in [5.41, 5.74) is 1.10. The van der Waals surface area contributed by atoms with Gasteiger partial charge in [-0.05, 0) is 12.8 Å². The Morgan fingerprint density at radius 1 is 1.19 bits per heavy atom. The first-order valence-corrected chi connectivity index (χ1v) is 7.34. The number of hydrogen-bond donors (Lipinski definition) is 1. The van der Waals surface area contributed by atoms with Crippen LogP contribution in [0.3, 0.4) is 0 Å². The van der Waals surface area contributed by atoms with E-state index in [1.165, 1.54) is 25.7 Å². The number of rotatable bonds is 3. The second-order valence-corrected chi connectivity index (χ2v) is 5.41. The van der Waals surface area contributed by atoms with Crippen LogP contribution in [0, 0.1) is 0 Å². The summed E-state index contributed by atoms with van der Waals surface area (Å²) in [5, 5.41) is 13.9. The zero-order valence-electron chi connectivity index (χ0n) is 11.8. The molecule has 0 aliphatic heterocycles. The van der Waals surface area contributed by atoms with Gasteiger partial charge in [0.15, 0.2) is 0 Å². The first kappa shape index (κ1) is 13.7. The van der Waals surface area contributed by atoms with E-state index in [0.717, 1.165) is 12.8 Å². The van der Waals surface area contributed by atoms with E-state index in [1.54, 1.807) is 24.8 Å². The van der Waals surface area contributed by atoms with Crippen LogP contribution in [0.25, 0.3) is 11.4 Å². The fraction of sp³-hybridized carbons (Fsp3) is 0.467. The molecule has 3 rings (SSSR count). The first-order chi connectivity index (χ1) is 10.3. The maximum Gasteiger partial charge on any atom is 0.339 e. The third kappa shape index (κ3) is 2.94. The maximum atomic E-state index is 11.5. The summed E-state index contributed by atoms with van der Waals surface area (Å²) in [5.74, 6) is -0.976. The lowest BCUT2D eigenvalue weighted by atomic mass is 10.1. The third-order valence-electron chi connectivity index (χ3n) is 3.97. The molecule has 1 N–H and O–H groups in total. The highest BCUT2D eigenvalue weighted by Crippen LogP contribution is 2.29. The van der Waals surface area contributed by atoms with Crippen molar-refractivity contribution < 1.29 is 9.90 Å². The van der Waals surface area contributed by atoms with E-state index in [0.29, 0.717) is 11.4 Å². The molecule has 0 unspecified atom stereocenters. The summed E-state index contributed by atoms with van der Waals surface area (Å²) in [6.07, 6.45) is 13.3. The van der Waals surface area contributed by atoms with Gasteiger partial charge in [-0.1, -0.05) is 25.7 Å². The maximum absolute atomic E-state index is 11.5. The van der Waals surface area contributed by atoms with Crippen LogP contribution in [-0.2, 0) is 0 Å². The predicted octanol–water partition coefficient (Wildman–Crippen LogP) is 2.93.